The van der Waals surface area contributed by atoms with Gasteiger partial charge in [0, 0.05) is 13.6 Å². The van der Waals surface area contributed by atoms with Crippen LogP contribution < -0.4 is 5.32 Å². The molecule has 1 aliphatic rings. The van der Waals surface area contributed by atoms with E-state index in [0.717, 1.165) is 5.56 Å². The van der Waals surface area contributed by atoms with Gasteiger partial charge in [-0.05, 0) is 12.0 Å². The fourth-order valence-electron chi connectivity index (χ4n) is 1.97. The number of nitrogens with one attached hydrogen (secondary N) is 1. The van der Waals surface area contributed by atoms with Crippen molar-refractivity contribution in [3.05, 3.63) is 35.9 Å². The van der Waals surface area contributed by atoms with Gasteiger partial charge in [0.15, 0.2) is 0 Å². The molecule has 1 aromatic rings. The van der Waals surface area contributed by atoms with Crippen LogP contribution in [0.5, 0.6) is 0 Å². The lowest BCUT2D eigenvalue weighted by Crippen LogP contribution is -2.54. The van der Waals surface area contributed by atoms with Crippen LogP contribution in [0.15, 0.2) is 30.3 Å². The quantitative estimate of drug-likeness (QED) is 0.772. The molecule has 1 aromatic carbocycles. The van der Waals surface area contributed by atoms with Crippen LogP contribution in [-0.4, -0.2) is 48.6 Å². The average Bonchev–Trinajstić information content (AvgIpc) is 2.37. The molecule has 2 atom stereocenters. The van der Waals surface area contributed by atoms with Crippen molar-refractivity contribution in [2.75, 3.05) is 20.2 Å². The molecule has 0 aromatic heterocycles. The topological polar surface area (TPSA) is 61.8 Å². The van der Waals surface area contributed by atoms with Crippen molar-refractivity contribution in [2.45, 2.75) is 18.9 Å². The van der Waals surface area contributed by atoms with Crippen molar-refractivity contribution in [3.63, 3.8) is 0 Å². The number of rotatable bonds is 2. The number of ether oxygens (including phenoxy) is 1. The number of nitrogens with zero attached hydrogens (tertiary/aromatic N) is 1. The molecular formula is C13H18N2O3. The highest BCUT2D eigenvalue weighted by Gasteiger charge is 2.26. The highest BCUT2D eigenvalue weighted by Crippen LogP contribution is 2.08. The zero-order chi connectivity index (χ0) is 13.0. The molecule has 0 spiro atoms. The second kappa shape index (κ2) is 5.95. The summed E-state index contributed by atoms with van der Waals surface area (Å²) in [6.45, 7) is 0.817. The SMILES string of the molecule is CN1CCOC(O)NC(Cc2ccccc2)C1=O. The molecule has 2 unspecified atom stereocenters. The Hall–Kier alpha value is -1.43. The number of aliphatic hydroxyl groups excluding tert-OH is 1. The van der Waals surface area contributed by atoms with Crippen molar-refractivity contribution in [1.29, 1.82) is 0 Å². The molecular weight excluding hydrogens is 232 g/mol. The van der Waals surface area contributed by atoms with Crippen LogP contribution >= 0.6 is 0 Å². The van der Waals surface area contributed by atoms with Gasteiger partial charge >= 0.3 is 0 Å². The molecule has 18 heavy (non-hydrogen) atoms. The van der Waals surface area contributed by atoms with Crippen molar-refractivity contribution in [2.24, 2.45) is 0 Å². The maximum Gasteiger partial charge on any atom is 0.240 e. The average molecular weight is 250 g/mol. The molecule has 1 saturated heterocycles. The van der Waals surface area contributed by atoms with Crippen LogP contribution in [0, 0.1) is 0 Å². The van der Waals surface area contributed by atoms with E-state index in [1.165, 1.54) is 0 Å². The fourth-order valence-corrected chi connectivity index (χ4v) is 1.97. The molecule has 2 N–H and O–H groups in total. The van der Waals surface area contributed by atoms with Gasteiger partial charge in [0.2, 0.25) is 12.3 Å². The van der Waals surface area contributed by atoms with E-state index in [2.05, 4.69) is 5.32 Å². The number of carbonyl (C=O) groups is 1. The second-order valence-corrected chi connectivity index (χ2v) is 4.39. The third-order valence-corrected chi connectivity index (χ3v) is 3.00. The first-order valence-corrected chi connectivity index (χ1v) is 6.01. The Morgan fingerprint density at radius 1 is 1.44 bits per heavy atom. The molecule has 5 nitrogen and oxygen atoms in total. The largest absolute Gasteiger partial charge is 0.356 e. The van der Waals surface area contributed by atoms with Gasteiger partial charge in [-0.15, -0.1) is 0 Å². The van der Waals surface area contributed by atoms with Crippen LogP contribution in [-0.2, 0) is 16.0 Å². The lowest BCUT2D eigenvalue weighted by molar-refractivity contribution is -0.158. The number of amides is 1. The summed E-state index contributed by atoms with van der Waals surface area (Å²) in [6.07, 6.45) is -0.555. The van der Waals surface area contributed by atoms with E-state index < -0.39 is 12.5 Å². The zero-order valence-corrected chi connectivity index (χ0v) is 10.4. The number of likely N-dealkylation sites (N-methyl/N-ethyl adjacent to an activating group) is 1. The van der Waals surface area contributed by atoms with Gasteiger partial charge < -0.3 is 14.7 Å². The molecule has 1 fully saturated rings. The Balaban J connectivity index is 2.09. The minimum absolute atomic E-state index is 0.0267. The highest BCUT2D eigenvalue weighted by molar-refractivity contribution is 5.82. The van der Waals surface area contributed by atoms with Crippen LogP contribution in [0.2, 0.25) is 0 Å². The summed E-state index contributed by atoms with van der Waals surface area (Å²) in [5.74, 6) is -0.0267. The van der Waals surface area contributed by atoms with Gasteiger partial charge in [0.05, 0.1) is 12.6 Å². The first kappa shape index (κ1) is 13.0. The Labute approximate surface area is 106 Å². The standard InChI is InChI=1S/C13H18N2O3/c1-15-7-8-18-13(17)14-11(12(15)16)9-10-5-3-2-4-6-10/h2-6,11,13-14,17H,7-9H2,1H3. The summed E-state index contributed by atoms with van der Waals surface area (Å²) in [5, 5.41) is 12.4. The lowest BCUT2D eigenvalue weighted by Gasteiger charge is -2.30. The number of aliphatic hydroxyl groups is 1. The highest BCUT2D eigenvalue weighted by atomic mass is 16.6. The van der Waals surface area contributed by atoms with Gasteiger partial charge in [-0.25, -0.2) is 0 Å². The van der Waals surface area contributed by atoms with E-state index in [-0.39, 0.29) is 5.91 Å². The van der Waals surface area contributed by atoms with Gasteiger partial charge in [-0.3, -0.25) is 10.1 Å². The van der Waals surface area contributed by atoms with Crippen molar-refractivity contribution >= 4 is 5.91 Å². The maximum atomic E-state index is 12.1. The summed E-state index contributed by atoms with van der Waals surface area (Å²) in [4.78, 5) is 13.8. The molecule has 0 bridgehead atoms. The maximum absolute atomic E-state index is 12.1. The third kappa shape index (κ3) is 3.29. The molecule has 0 radical (unpaired) electrons. The first-order valence-electron chi connectivity index (χ1n) is 6.01. The molecule has 0 aliphatic carbocycles. The van der Waals surface area contributed by atoms with Gasteiger partial charge in [-0.2, -0.15) is 0 Å². The minimum Gasteiger partial charge on any atom is -0.356 e. The molecule has 1 heterocycles. The van der Waals surface area contributed by atoms with E-state index in [4.69, 9.17) is 4.74 Å². The minimum atomic E-state index is -1.09. The Bertz CT molecular complexity index is 396. The predicted octanol–water partition coefficient (Wildman–Crippen LogP) is -0.0482. The summed E-state index contributed by atoms with van der Waals surface area (Å²) >= 11 is 0. The molecule has 2 rings (SSSR count). The van der Waals surface area contributed by atoms with Crippen LogP contribution in [0.3, 0.4) is 0 Å². The third-order valence-electron chi connectivity index (χ3n) is 3.00. The van der Waals surface area contributed by atoms with Gasteiger partial charge in [0.1, 0.15) is 0 Å². The van der Waals surface area contributed by atoms with E-state index in [1.54, 1.807) is 11.9 Å². The van der Waals surface area contributed by atoms with E-state index in [1.807, 2.05) is 30.3 Å². The Morgan fingerprint density at radius 3 is 2.89 bits per heavy atom. The van der Waals surface area contributed by atoms with Gasteiger partial charge in [0.25, 0.3) is 0 Å². The Kier molecular flexibility index (Phi) is 4.30. The molecule has 5 heteroatoms. The van der Waals surface area contributed by atoms with E-state index in [0.29, 0.717) is 19.6 Å². The lowest BCUT2D eigenvalue weighted by atomic mass is 10.0. The van der Waals surface area contributed by atoms with Crippen molar-refractivity contribution in [1.82, 2.24) is 10.2 Å². The molecule has 0 saturated carbocycles. The number of hydrogen-bond donors (Lipinski definition) is 2. The summed E-state index contributed by atoms with van der Waals surface area (Å²) in [5.41, 5.74) is 1.05. The normalized spacial score (nSPS) is 25.7. The van der Waals surface area contributed by atoms with Crippen molar-refractivity contribution < 1.29 is 14.6 Å². The zero-order valence-electron chi connectivity index (χ0n) is 10.4. The monoisotopic (exact) mass is 250 g/mol. The second-order valence-electron chi connectivity index (χ2n) is 4.39. The summed E-state index contributed by atoms with van der Waals surface area (Å²) in [6, 6.07) is 9.24. The van der Waals surface area contributed by atoms with Crippen molar-refractivity contribution in [3.8, 4) is 0 Å². The number of carbonyl (C=O) groups excluding carboxylic acids is 1. The fraction of sp³-hybridized carbons (Fsp3) is 0.462. The predicted molar refractivity (Wildman–Crippen MR) is 66.7 cm³/mol. The number of hydrogen-bond acceptors (Lipinski definition) is 4. The number of benzene rings is 1. The van der Waals surface area contributed by atoms with Crippen LogP contribution in [0.4, 0.5) is 0 Å². The summed E-state index contributed by atoms with van der Waals surface area (Å²) < 4.78 is 5.12. The summed E-state index contributed by atoms with van der Waals surface area (Å²) in [7, 11) is 1.74. The molecule has 1 amide bonds. The molecule has 1 aliphatic heterocycles. The van der Waals surface area contributed by atoms with E-state index >= 15 is 0 Å². The van der Waals surface area contributed by atoms with Crippen LogP contribution in [0.25, 0.3) is 0 Å². The van der Waals surface area contributed by atoms with E-state index in [9.17, 15) is 9.90 Å². The Morgan fingerprint density at radius 2 is 2.17 bits per heavy atom. The first-order chi connectivity index (χ1) is 8.66. The van der Waals surface area contributed by atoms with Crippen LogP contribution in [0.1, 0.15) is 5.56 Å². The van der Waals surface area contributed by atoms with Gasteiger partial charge in [-0.1, -0.05) is 30.3 Å². The molecule has 98 valence electrons. The smallest absolute Gasteiger partial charge is 0.240 e.